The highest BCUT2D eigenvalue weighted by Crippen LogP contribution is 2.31. The highest BCUT2D eigenvalue weighted by Gasteiger charge is 2.20. The molecule has 140 valence electrons. The lowest BCUT2D eigenvalue weighted by Gasteiger charge is -2.25. The van der Waals surface area contributed by atoms with Crippen LogP contribution in [-0.2, 0) is 17.8 Å². The van der Waals surface area contributed by atoms with Gasteiger partial charge in [-0.1, -0.05) is 31.2 Å². The zero-order chi connectivity index (χ0) is 19.1. The molecule has 0 fully saturated rings. The van der Waals surface area contributed by atoms with Crippen LogP contribution in [0.3, 0.4) is 0 Å². The number of nitrogens with one attached hydrogen (secondary N) is 1. The number of carbonyl (C=O) groups excluding carboxylic acids is 1. The van der Waals surface area contributed by atoms with E-state index in [4.69, 9.17) is 9.47 Å². The normalized spacial score (nSPS) is 11.9. The predicted molar refractivity (Wildman–Crippen MR) is 105 cm³/mol. The van der Waals surface area contributed by atoms with Gasteiger partial charge in [-0.2, -0.15) is 0 Å². The first-order valence-electron chi connectivity index (χ1n) is 8.80. The molecule has 1 amide bonds. The quantitative estimate of drug-likeness (QED) is 0.783. The minimum atomic E-state index is -0.295. The number of anilines is 1. The largest absolute Gasteiger partial charge is 0.493 e. The molecule has 0 saturated carbocycles. The van der Waals surface area contributed by atoms with Crippen LogP contribution in [0.25, 0.3) is 0 Å². The van der Waals surface area contributed by atoms with Gasteiger partial charge < -0.3 is 14.8 Å². The van der Waals surface area contributed by atoms with Gasteiger partial charge >= 0.3 is 0 Å². The van der Waals surface area contributed by atoms with Crippen LogP contribution >= 0.6 is 0 Å². The average Bonchev–Trinajstić information content (AvgIpc) is 2.67. The maximum absolute atomic E-state index is 12.6. The van der Waals surface area contributed by atoms with Gasteiger partial charge in [-0.3, -0.25) is 9.69 Å². The Kier molecular flexibility index (Phi) is 7.04. The second-order valence-corrected chi connectivity index (χ2v) is 6.28. The highest BCUT2D eigenvalue weighted by molar-refractivity contribution is 5.94. The molecule has 2 rings (SSSR count). The minimum absolute atomic E-state index is 0.0430. The number of likely N-dealkylation sites (N-methyl/N-ethyl adjacent to an activating group) is 1. The number of hydrogen-bond acceptors (Lipinski definition) is 4. The maximum atomic E-state index is 12.6. The zero-order valence-corrected chi connectivity index (χ0v) is 16.2. The second-order valence-electron chi connectivity index (χ2n) is 6.28. The summed E-state index contributed by atoms with van der Waals surface area (Å²) in [5.41, 5.74) is 3.03. The van der Waals surface area contributed by atoms with Crippen molar-refractivity contribution in [2.24, 2.45) is 0 Å². The number of benzene rings is 2. The van der Waals surface area contributed by atoms with E-state index in [9.17, 15) is 4.79 Å². The van der Waals surface area contributed by atoms with Crippen LogP contribution < -0.4 is 14.8 Å². The van der Waals surface area contributed by atoms with Crippen molar-refractivity contribution >= 4 is 11.6 Å². The third-order valence-electron chi connectivity index (χ3n) is 4.57. The standard InChI is InChI=1S/C21H28N2O3/c1-6-16-10-12-18(13-11-16)22-21(24)15(2)23(3)14-17-8-7-9-19(25-4)20(17)26-5/h7-13,15H,6,14H2,1-5H3,(H,22,24)/t15-/m0/s1. The number of para-hydroxylation sites is 1. The summed E-state index contributed by atoms with van der Waals surface area (Å²) in [6.45, 7) is 4.57. The maximum Gasteiger partial charge on any atom is 0.241 e. The van der Waals surface area contributed by atoms with E-state index in [1.54, 1.807) is 14.2 Å². The summed E-state index contributed by atoms with van der Waals surface area (Å²) in [5, 5.41) is 2.97. The lowest BCUT2D eigenvalue weighted by atomic mass is 10.1. The zero-order valence-electron chi connectivity index (χ0n) is 16.2. The first-order chi connectivity index (χ1) is 12.5. The Balaban J connectivity index is 2.04. The number of rotatable bonds is 8. The highest BCUT2D eigenvalue weighted by atomic mass is 16.5. The molecule has 0 radical (unpaired) electrons. The molecule has 2 aromatic carbocycles. The summed E-state index contributed by atoms with van der Waals surface area (Å²) >= 11 is 0. The molecule has 2 aromatic rings. The van der Waals surface area contributed by atoms with Crippen molar-refractivity contribution in [2.75, 3.05) is 26.6 Å². The Labute approximate surface area is 155 Å². The molecule has 0 aliphatic rings. The van der Waals surface area contributed by atoms with Crippen LogP contribution in [0.15, 0.2) is 42.5 Å². The van der Waals surface area contributed by atoms with E-state index in [2.05, 4.69) is 12.2 Å². The Morgan fingerprint density at radius 1 is 1.12 bits per heavy atom. The van der Waals surface area contributed by atoms with Gasteiger partial charge in [0, 0.05) is 17.8 Å². The fourth-order valence-electron chi connectivity index (χ4n) is 2.75. The van der Waals surface area contributed by atoms with Crippen molar-refractivity contribution < 1.29 is 14.3 Å². The molecule has 0 bridgehead atoms. The molecule has 5 heteroatoms. The molecule has 0 aliphatic carbocycles. The Bertz CT molecular complexity index is 729. The summed E-state index contributed by atoms with van der Waals surface area (Å²) in [7, 11) is 5.16. The molecule has 26 heavy (non-hydrogen) atoms. The first-order valence-corrected chi connectivity index (χ1v) is 8.80. The number of nitrogens with zero attached hydrogens (tertiary/aromatic N) is 1. The van der Waals surface area contributed by atoms with Crippen LogP contribution in [0.2, 0.25) is 0 Å². The van der Waals surface area contributed by atoms with E-state index in [0.29, 0.717) is 18.0 Å². The van der Waals surface area contributed by atoms with E-state index >= 15 is 0 Å². The molecule has 5 nitrogen and oxygen atoms in total. The van der Waals surface area contributed by atoms with Gasteiger partial charge in [-0.15, -0.1) is 0 Å². The number of ether oxygens (including phenoxy) is 2. The fourth-order valence-corrected chi connectivity index (χ4v) is 2.75. The third-order valence-corrected chi connectivity index (χ3v) is 4.57. The van der Waals surface area contributed by atoms with Crippen molar-refractivity contribution in [3.63, 3.8) is 0 Å². The van der Waals surface area contributed by atoms with Crippen LogP contribution in [0.4, 0.5) is 5.69 Å². The van der Waals surface area contributed by atoms with Crippen molar-refractivity contribution in [3.8, 4) is 11.5 Å². The number of hydrogen-bond donors (Lipinski definition) is 1. The Morgan fingerprint density at radius 3 is 2.38 bits per heavy atom. The van der Waals surface area contributed by atoms with E-state index in [1.165, 1.54) is 5.56 Å². The third kappa shape index (κ3) is 4.76. The molecular weight excluding hydrogens is 328 g/mol. The number of methoxy groups -OCH3 is 2. The van der Waals surface area contributed by atoms with E-state index in [0.717, 1.165) is 17.7 Å². The number of amides is 1. The van der Waals surface area contributed by atoms with E-state index in [-0.39, 0.29) is 11.9 Å². The van der Waals surface area contributed by atoms with Gasteiger partial charge in [0.2, 0.25) is 5.91 Å². The van der Waals surface area contributed by atoms with Gasteiger partial charge in [0.1, 0.15) is 0 Å². The van der Waals surface area contributed by atoms with Gasteiger partial charge in [0.25, 0.3) is 0 Å². The molecule has 0 aromatic heterocycles. The van der Waals surface area contributed by atoms with Crippen molar-refractivity contribution in [1.82, 2.24) is 4.90 Å². The van der Waals surface area contributed by atoms with Gasteiger partial charge in [0.15, 0.2) is 11.5 Å². The average molecular weight is 356 g/mol. The van der Waals surface area contributed by atoms with Crippen LogP contribution in [0.1, 0.15) is 25.0 Å². The summed E-state index contributed by atoms with van der Waals surface area (Å²) in [4.78, 5) is 14.5. The van der Waals surface area contributed by atoms with Crippen molar-refractivity contribution in [3.05, 3.63) is 53.6 Å². The van der Waals surface area contributed by atoms with Crippen LogP contribution in [0.5, 0.6) is 11.5 Å². The van der Waals surface area contributed by atoms with Gasteiger partial charge in [0.05, 0.1) is 20.3 Å². The molecule has 1 N–H and O–H groups in total. The summed E-state index contributed by atoms with van der Waals surface area (Å²) < 4.78 is 10.8. The van der Waals surface area contributed by atoms with Crippen molar-refractivity contribution in [2.45, 2.75) is 32.9 Å². The van der Waals surface area contributed by atoms with Crippen molar-refractivity contribution in [1.29, 1.82) is 0 Å². The lowest BCUT2D eigenvalue weighted by molar-refractivity contribution is -0.120. The predicted octanol–water partition coefficient (Wildman–Crippen LogP) is 3.73. The van der Waals surface area contributed by atoms with Crippen LogP contribution in [-0.4, -0.2) is 38.1 Å². The molecule has 0 heterocycles. The molecular formula is C21H28N2O3. The SMILES string of the molecule is CCc1ccc(NC(=O)[C@H](C)N(C)Cc2cccc(OC)c2OC)cc1. The van der Waals surface area contributed by atoms with Gasteiger partial charge in [-0.25, -0.2) is 0 Å². The number of carbonyl (C=O) groups is 1. The summed E-state index contributed by atoms with van der Waals surface area (Å²) in [6, 6.07) is 13.4. The summed E-state index contributed by atoms with van der Waals surface area (Å²) in [6.07, 6.45) is 0.982. The van der Waals surface area contributed by atoms with Crippen LogP contribution in [0, 0.1) is 0 Å². The minimum Gasteiger partial charge on any atom is -0.493 e. The molecule has 1 atom stereocenters. The lowest BCUT2D eigenvalue weighted by Crippen LogP contribution is -2.39. The Morgan fingerprint density at radius 2 is 1.81 bits per heavy atom. The van der Waals surface area contributed by atoms with Gasteiger partial charge in [-0.05, 0) is 44.2 Å². The molecule has 0 saturated heterocycles. The molecule has 0 unspecified atom stereocenters. The molecule has 0 spiro atoms. The first kappa shape index (κ1) is 19.8. The number of aryl methyl sites for hydroxylation is 1. The smallest absolute Gasteiger partial charge is 0.241 e. The topological polar surface area (TPSA) is 50.8 Å². The second kappa shape index (κ2) is 9.25. The Hall–Kier alpha value is -2.53. The summed E-state index contributed by atoms with van der Waals surface area (Å²) in [5.74, 6) is 1.34. The monoisotopic (exact) mass is 356 g/mol. The molecule has 0 aliphatic heterocycles. The van der Waals surface area contributed by atoms with E-state index in [1.807, 2.05) is 61.3 Å². The van der Waals surface area contributed by atoms with E-state index < -0.39 is 0 Å². The fraction of sp³-hybridized carbons (Fsp3) is 0.381.